The van der Waals surface area contributed by atoms with Crippen molar-refractivity contribution in [3.05, 3.63) is 35.5 Å². The van der Waals surface area contributed by atoms with Crippen LogP contribution in [0.15, 0.2) is 28.7 Å². The molecule has 3 heterocycles. The first-order chi connectivity index (χ1) is 11.2. The average Bonchev–Trinajstić information content (AvgIpc) is 3.22. The molecule has 0 aliphatic carbocycles. The molecular formula is C17H20N4O2. The van der Waals surface area contributed by atoms with Crippen LogP contribution in [-0.4, -0.2) is 28.4 Å². The molecule has 0 amide bonds. The summed E-state index contributed by atoms with van der Waals surface area (Å²) in [6.07, 6.45) is 2.14. The van der Waals surface area contributed by atoms with Crippen LogP contribution in [0.2, 0.25) is 0 Å². The maximum Gasteiger partial charge on any atom is 0.298 e. The topological polar surface area (TPSA) is 56.3 Å². The number of aromatic nitrogens is 3. The van der Waals surface area contributed by atoms with Gasteiger partial charge in [-0.3, -0.25) is 0 Å². The van der Waals surface area contributed by atoms with Crippen LogP contribution < -0.4 is 9.64 Å². The minimum Gasteiger partial charge on any atom is -0.481 e. The molecule has 4 rings (SSSR count). The third-order valence-corrected chi connectivity index (χ3v) is 4.52. The predicted octanol–water partition coefficient (Wildman–Crippen LogP) is 3.22. The zero-order valence-electron chi connectivity index (χ0n) is 13.6. The lowest BCUT2D eigenvalue weighted by molar-refractivity contribution is 0.365. The molecule has 6 heteroatoms. The third kappa shape index (κ3) is 2.17. The molecule has 23 heavy (non-hydrogen) atoms. The van der Waals surface area contributed by atoms with Crippen molar-refractivity contribution in [1.82, 2.24) is 14.8 Å². The molecule has 0 spiro atoms. The molecule has 1 aliphatic heterocycles. The summed E-state index contributed by atoms with van der Waals surface area (Å²) in [4.78, 5) is 6.88. The fraction of sp³-hybridized carbons (Fsp3) is 0.412. The molecular weight excluding hydrogens is 292 g/mol. The summed E-state index contributed by atoms with van der Waals surface area (Å²) in [6.45, 7) is 2.95. The van der Waals surface area contributed by atoms with Gasteiger partial charge in [-0.05, 0) is 31.9 Å². The second-order valence-electron chi connectivity index (χ2n) is 5.95. The van der Waals surface area contributed by atoms with E-state index in [4.69, 9.17) is 9.15 Å². The number of oxazole rings is 1. The zero-order valence-corrected chi connectivity index (χ0v) is 13.6. The minimum absolute atomic E-state index is 0.187. The summed E-state index contributed by atoms with van der Waals surface area (Å²) in [5, 5.41) is 4.51. The number of rotatable bonds is 3. The molecule has 1 aromatic carbocycles. The molecule has 0 saturated carbocycles. The first kappa shape index (κ1) is 14.1. The maximum absolute atomic E-state index is 5.97. The Hall–Kier alpha value is -2.50. The monoisotopic (exact) mass is 312 g/mol. The van der Waals surface area contributed by atoms with Gasteiger partial charge < -0.3 is 14.1 Å². The van der Waals surface area contributed by atoms with Gasteiger partial charge in [-0.2, -0.15) is 10.1 Å². The van der Waals surface area contributed by atoms with E-state index in [0.717, 1.165) is 47.6 Å². The van der Waals surface area contributed by atoms with E-state index in [2.05, 4.69) is 15.0 Å². The van der Waals surface area contributed by atoms with Crippen molar-refractivity contribution in [2.24, 2.45) is 7.05 Å². The predicted molar refractivity (Wildman–Crippen MR) is 87.8 cm³/mol. The van der Waals surface area contributed by atoms with Gasteiger partial charge in [0.2, 0.25) is 5.88 Å². The quantitative estimate of drug-likeness (QED) is 0.743. The molecule has 1 atom stereocenters. The van der Waals surface area contributed by atoms with E-state index < -0.39 is 0 Å². The lowest BCUT2D eigenvalue weighted by Gasteiger charge is -2.23. The van der Waals surface area contributed by atoms with Gasteiger partial charge in [-0.25, -0.2) is 4.68 Å². The SMILES string of the molecule is COc1c(C2CCCN2c2nc3ccccc3o2)c(C)nn1C. The summed E-state index contributed by atoms with van der Waals surface area (Å²) in [5.74, 6) is 0.815. The van der Waals surface area contributed by atoms with Crippen molar-refractivity contribution in [2.75, 3.05) is 18.6 Å². The summed E-state index contributed by atoms with van der Waals surface area (Å²) < 4.78 is 13.3. The summed E-state index contributed by atoms with van der Waals surface area (Å²) >= 11 is 0. The smallest absolute Gasteiger partial charge is 0.298 e. The van der Waals surface area contributed by atoms with Crippen LogP contribution in [0.25, 0.3) is 11.1 Å². The highest BCUT2D eigenvalue weighted by Crippen LogP contribution is 2.41. The number of fused-ring (bicyclic) bond motifs is 1. The number of para-hydroxylation sites is 2. The largest absolute Gasteiger partial charge is 0.481 e. The number of anilines is 1. The number of ether oxygens (including phenoxy) is 1. The molecule has 1 fully saturated rings. The van der Waals surface area contributed by atoms with E-state index in [0.29, 0.717) is 6.01 Å². The van der Waals surface area contributed by atoms with Crippen LogP contribution in [-0.2, 0) is 7.05 Å². The average molecular weight is 312 g/mol. The van der Waals surface area contributed by atoms with Crippen molar-refractivity contribution in [2.45, 2.75) is 25.8 Å². The molecule has 1 unspecified atom stereocenters. The minimum atomic E-state index is 0.187. The fourth-order valence-electron chi connectivity index (χ4n) is 3.56. The van der Waals surface area contributed by atoms with Crippen LogP contribution in [0.1, 0.15) is 30.1 Å². The van der Waals surface area contributed by atoms with Crippen LogP contribution in [0.5, 0.6) is 5.88 Å². The number of methoxy groups -OCH3 is 1. The Morgan fingerprint density at radius 2 is 2.13 bits per heavy atom. The highest BCUT2D eigenvalue weighted by molar-refractivity contribution is 5.74. The van der Waals surface area contributed by atoms with Gasteiger partial charge in [0.1, 0.15) is 5.52 Å². The molecule has 0 bridgehead atoms. The second kappa shape index (κ2) is 5.30. The van der Waals surface area contributed by atoms with Gasteiger partial charge in [0, 0.05) is 13.6 Å². The van der Waals surface area contributed by atoms with Crippen LogP contribution in [0.4, 0.5) is 6.01 Å². The summed E-state index contributed by atoms with van der Waals surface area (Å²) in [7, 11) is 3.60. The molecule has 0 radical (unpaired) electrons. The van der Waals surface area contributed by atoms with E-state index in [9.17, 15) is 0 Å². The van der Waals surface area contributed by atoms with Crippen molar-refractivity contribution in [3.8, 4) is 5.88 Å². The number of hydrogen-bond acceptors (Lipinski definition) is 5. The molecule has 1 saturated heterocycles. The Balaban J connectivity index is 1.77. The Labute approximate surface area is 134 Å². The van der Waals surface area contributed by atoms with Crippen molar-refractivity contribution in [3.63, 3.8) is 0 Å². The second-order valence-corrected chi connectivity index (χ2v) is 5.95. The zero-order chi connectivity index (χ0) is 16.0. The Morgan fingerprint density at radius 3 is 2.91 bits per heavy atom. The molecule has 1 aliphatic rings. The number of benzene rings is 1. The van der Waals surface area contributed by atoms with Gasteiger partial charge in [0.25, 0.3) is 6.01 Å². The molecule has 2 aromatic heterocycles. The van der Waals surface area contributed by atoms with Crippen LogP contribution in [0.3, 0.4) is 0 Å². The van der Waals surface area contributed by atoms with Gasteiger partial charge in [-0.15, -0.1) is 0 Å². The molecule has 3 aromatic rings. The van der Waals surface area contributed by atoms with E-state index in [1.165, 1.54) is 0 Å². The van der Waals surface area contributed by atoms with E-state index in [1.807, 2.05) is 38.2 Å². The van der Waals surface area contributed by atoms with Crippen molar-refractivity contribution < 1.29 is 9.15 Å². The standard InChI is InChI=1S/C17H20N4O2/c1-11-15(16(22-3)20(2)19-11)13-8-6-10-21(13)17-18-12-7-4-5-9-14(12)23-17/h4-5,7,9,13H,6,8,10H2,1-3H3. The Kier molecular flexibility index (Phi) is 3.25. The summed E-state index contributed by atoms with van der Waals surface area (Å²) in [5.41, 5.74) is 3.85. The lowest BCUT2D eigenvalue weighted by Crippen LogP contribution is -2.23. The number of aryl methyl sites for hydroxylation is 2. The van der Waals surface area contributed by atoms with Gasteiger partial charge in [-0.1, -0.05) is 12.1 Å². The van der Waals surface area contributed by atoms with E-state index in [-0.39, 0.29) is 6.04 Å². The number of hydrogen-bond donors (Lipinski definition) is 0. The van der Waals surface area contributed by atoms with E-state index >= 15 is 0 Å². The van der Waals surface area contributed by atoms with Crippen molar-refractivity contribution in [1.29, 1.82) is 0 Å². The first-order valence-electron chi connectivity index (χ1n) is 7.88. The first-order valence-corrected chi connectivity index (χ1v) is 7.88. The number of nitrogens with zero attached hydrogens (tertiary/aromatic N) is 4. The molecule has 0 N–H and O–H groups in total. The highest BCUT2D eigenvalue weighted by atomic mass is 16.5. The summed E-state index contributed by atoms with van der Waals surface area (Å²) in [6, 6.07) is 8.74. The maximum atomic E-state index is 5.97. The van der Waals surface area contributed by atoms with Crippen LogP contribution >= 0.6 is 0 Å². The van der Waals surface area contributed by atoms with Gasteiger partial charge >= 0.3 is 0 Å². The highest BCUT2D eigenvalue weighted by Gasteiger charge is 2.34. The fourth-order valence-corrected chi connectivity index (χ4v) is 3.56. The Morgan fingerprint density at radius 1 is 1.30 bits per heavy atom. The molecule has 120 valence electrons. The lowest BCUT2D eigenvalue weighted by atomic mass is 10.1. The third-order valence-electron chi connectivity index (χ3n) is 4.52. The molecule has 6 nitrogen and oxygen atoms in total. The normalized spacial score (nSPS) is 18.0. The Bertz CT molecular complexity index is 819. The van der Waals surface area contributed by atoms with Crippen LogP contribution in [0, 0.1) is 6.92 Å². The van der Waals surface area contributed by atoms with E-state index in [1.54, 1.807) is 11.8 Å². The van der Waals surface area contributed by atoms with Gasteiger partial charge in [0.15, 0.2) is 5.58 Å². The van der Waals surface area contributed by atoms with Crippen molar-refractivity contribution >= 4 is 17.1 Å². The van der Waals surface area contributed by atoms with Gasteiger partial charge in [0.05, 0.1) is 24.4 Å².